The number of rotatable bonds is 5. The van der Waals surface area contributed by atoms with E-state index in [1.165, 1.54) is 42.5 Å². The zero-order valence-electron chi connectivity index (χ0n) is 15.7. The van der Waals surface area contributed by atoms with E-state index >= 15 is 0 Å². The Morgan fingerprint density at radius 2 is 1.62 bits per heavy atom. The summed E-state index contributed by atoms with van der Waals surface area (Å²) in [7, 11) is -3.92. The first kappa shape index (κ1) is 20.6. The minimum atomic E-state index is -3.92. The van der Waals surface area contributed by atoms with Gasteiger partial charge in [0.25, 0.3) is 15.7 Å². The summed E-state index contributed by atoms with van der Waals surface area (Å²) < 4.78 is 27.4. The Labute approximate surface area is 168 Å². The molecule has 154 valence electrons. The summed E-state index contributed by atoms with van der Waals surface area (Å²) in [6.07, 6.45) is 4.20. The van der Waals surface area contributed by atoms with Gasteiger partial charge in [-0.1, -0.05) is 18.9 Å². The van der Waals surface area contributed by atoms with Crippen LogP contribution in [0.3, 0.4) is 0 Å². The van der Waals surface area contributed by atoms with Crippen molar-refractivity contribution in [2.45, 2.75) is 30.6 Å². The van der Waals surface area contributed by atoms with Crippen molar-refractivity contribution in [3.63, 3.8) is 0 Å². The molecule has 10 heteroatoms. The van der Waals surface area contributed by atoms with Gasteiger partial charge in [0.05, 0.1) is 15.5 Å². The van der Waals surface area contributed by atoms with E-state index in [4.69, 9.17) is 0 Å². The molecule has 0 atom stereocenters. The van der Waals surface area contributed by atoms with Crippen molar-refractivity contribution in [2.75, 3.05) is 23.1 Å². The zero-order chi connectivity index (χ0) is 20.9. The third-order valence-electron chi connectivity index (χ3n) is 4.62. The molecule has 9 nitrogen and oxygen atoms in total. The molecule has 0 bridgehead atoms. The number of anilines is 2. The molecule has 1 aliphatic rings. The van der Waals surface area contributed by atoms with Gasteiger partial charge < -0.3 is 10.2 Å². The SMILES string of the molecule is O=C(Nc1ccc(S(=O)(=O)Nc2cccc([N+](=O)[O-])c2)cc1)N1CCCCCC1. The lowest BCUT2D eigenvalue weighted by Gasteiger charge is -2.20. The fourth-order valence-corrected chi connectivity index (χ4v) is 4.14. The summed E-state index contributed by atoms with van der Waals surface area (Å²) in [5, 5.41) is 13.6. The summed E-state index contributed by atoms with van der Waals surface area (Å²) in [6.45, 7) is 1.43. The number of hydrogen-bond donors (Lipinski definition) is 2. The van der Waals surface area contributed by atoms with Crippen molar-refractivity contribution in [1.29, 1.82) is 0 Å². The first-order valence-electron chi connectivity index (χ1n) is 9.28. The molecule has 0 saturated carbocycles. The van der Waals surface area contributed by atoms with Crippen molar-refractivity contribution < 1.29 is 18.1 Å². The predicted molar refractivity (Wildman–Crippen MR) is 109 cm³/mol. The summed E-state index contributed by atoms with van der Waals surface area (Å²) in [4.78, 5) is 24.3. The van der Waals surface area contributed by atoms with Gasteiger partial charge in [-0.25, -0.2) is 13.2 Å². The number of amides is 2. The van der Waals surface area contributed by atoms with Crippen molar-refractivity contribution in [3.05, 3.63) is 58.6 Å². The van der Waals surface area contributed by atoms with Crippen LogP contribution in [0, 0.1) is 10.1 Å². The summed E-state index contributed by atoms with van der Waals surface area (Å²) in [6, 6.07) is 10.8. The van der Waals surface area contributed by atoms with E-state index in [2.05, 4.69) is 10.0 Å². The maximum Gasteiger partial charge on any atom is 0.321 e. The minimum absolute atomic E-state index is 0.0169. The van der Waals surface area contributed by atoms with E-state index in [-0.39, 0.29) is 22.3 Å². The number of likely N-dealkylation sites (tertiary alicyclic amines) is 1. The molecule has 1 saturated heterocycles. The Morgan fingerprint density at radius 3 is 2.24 bits per heavy atom. The van der Waals surface area contributed by atoms with Gasteiger partial charge in [-0.15, -0.1) is 0 Å². The topological polar surface area (TPSA) is 122 Å². The molecule has 1 fully saturated rings. The van der Waals surface area contributed by atoms with Crippen LogP contribution in [0.15, 0.2) is 53.4 Å². The molecule has 0 spiro atoms. The molecule has 3 rings (SSSR count). The van der Waals surface area contributed by atoms with Crippen LogP contribution in [0.2, 0.25) is 0 Å². The van der Waals surface area contributed by atoms with Crippen molar-refractivity contribution in [3.8, 4) is 0 Å². The Kier molecular flexibility index (Phi) is 6.32. The summed E-state index contributed by atoms with van der Waals surface area (Å²) in [5.41, 5.74) is 0.378. The molecule has 1 aliphatic heterocycles. The fourth-order valence-electron chi connectivity index (χ4n) is 3.09. The minimum Gasteiger partial charge on any atom is -0.325 e. The molecule has 0 unspecified atom stereocenters. The number of urea groups is 1. The first-order chi connectivity index (χ1) is 13.8. The number of benzene rings is 2. The predicted octanol–water partition coefficient (Wildman–Crippen LogP) is 3.80. The normalized spacial score (nSPS) is 14.7. The highest BCUT2D eigenvalue weighted by Crippen LogP contribution is 2.22. The number of nitro groups is 1. The van der Waals surface area contributed by atoms with E-state index in [9.17, 15) is 23.3 Å². The molecular weight excluding hydrogens is 396 g/mol. The van der Waals surface area contributed by atoms with Crippen LogP contribution in [0.1, 0.15) is 25.7 Å². The quantitative estimate of drug-likeness (QED) is 0.565. The lowest BCUT2D eigenvalue weighted by Crippen LogP contribution is -2.35. The fraction of sp³-hybridized carbons (Fsp3) is 0.316. The molecular formula is C19H22N4O5S. The van der Waals surface area contributed by atoms with Crippen molar-refractivity contribution >= 4 is 33.1 Å². The van der Waals surface area contributed by atoms with E-state index in [0.29, 0.717) is 18.8 Å². The Morgan fingerprint density at radius 1 is 0.966 bits per heavy atom. The summed E-state index contributed by atoms with van der Waals surface area (Å²) in [5.74, 6) is 0. The second-order valence-electron chi connectivity index (χ2n) is 6.77. The van der Waals surface area contributed by atoms with Crippen LogP contribution in [-0.4, -0.2) is 37.4 Å². The Bertz CT molecular complexity index is 984. The monoisotopic (exact) mass is 418 g/mol. The second-order valence-corrected chi connectivity index (χ2v) is 8.45. The standard InChI is InChI=1S/C19H22N4O5S/c24-19(22-12-3-1-2-4-13-22)20-15-8-10-18(11-9-15)29(27,28)21-16-6-5-7-17(14-16)23(25)26/h5-11,14,21H,1-4,12-13H2,(H,20,24). The van der Waals surface area contributed by atoms with E-state index in [1.807, 2.05) is 0 Å². The zero-order valence-corrected chi connectivity index (χ0v) is 16.5. The van der Waals surface area contributed by atoms with E-state index in [0.717, 1.165) is 31.7 Å². The smallest absolute Gasteiger partial charge is 0.321 e. The number of hydrogen-bond acceptors (Lipinski definition) is 5. The molecule has 0 aromatic heterocycles. The van der Waals surface area contributed by atoms with Crippen LogP contribution in [0.4, 0.5) is 21.9 Å². The molecule has 29 heavy (non-hydrogen) atoms. The molecule has 2 N–H and O–H groups in total. The highest BCUT2D eigenvalue weighted by Gasteiger charge is 2.18. The van der Waals surface area contributed by atoms with Gasteiger partial charge in [-0.3, -0.25) is 14.8 Å². The summed E-state index contributed by atoms with van der Waals surface area (Å²) >= 11 is 0. The Balaban J connectivity index is 1.67. The van der Waals surface area contributed by atoms with Crippen LogP contribution in [0.5, 0.6) is 0 Å². The third-order valence-corrected chi connectivity index (χ3v) is 6.02. The number of nitro benzene ring substituents is 1. The highest BCUT2D eigenvalue weighted by atomic mass is 32.2. The van der Waals surface area contributed by atoms with Crippen molar-refractivity contribution in [1.82, 2.24) is 4.90 Å². The number of carbonyl (C=O) groups is 1. The van der Waals surface area contributed by atoms with Gasteiger partial charge in [0.2, 0.25) is 0 Å². The number of carbonyl (C=O) groups excluding carboxylic acids is 1. The van der Waals surface area contributed by atoms with E-state index in [1.54, 1.807) is 4.90 Å². The molecule has 2 aromatic rings. The van der Waals surface area contributed by atoms with E-state index < -0.39 is 14.9 Å². The van der Waals surface area contributed by atoms with Crippen LogP contribution in [-0.2, 0) is 10.0 Å². The van der Waals surface area contributed by atoms with Gasteiger partial charge in [0.15, 0.2) is 0 Å². The molecule has 2 aromatic carbocycles. The Hall–Kier alpha value is -3.14. The van der Waals surface area contributed by atoms with Gasteiger partial charge in [-0.05, 0) is 43.2 Å². The maximum absolute atomic E-state index is 12.5. The maximum atomic E-state index is 12.5. The van der Waals surface area contributed by atoms with Gasteiger partial charge in [0, 0.05) is 30.9 Å². The molecule has 1 heterocycles. The first-order valence-corrected chi connectivity index (χ1v) is 10.8. The average molecular weight is 418 g/mol. The number of nitrogens with zero attached hydrogens (tertiary/aromatic N) is 2. The second kappa shape index (κ2) is 8.91. The largest absolute Gasteiger partial charge is 0.325 e. The van der Waals surface area contributed by atoms with Crippen LogP contribution >= 0.6 is 0 Å². The third kappa shape index (κ3) is 5.44. The molecule has 0 aliphatic carbocycles. The molecule has 0 radical (unpaired) electrons. The average Bonchev–Trinajstić information content (AvgIpc) is 2.98. The lowest BCUT2D eigenvalue weighted by atomic mass is 10.2. The van der Waals surface area contributed by atoms with Gasteiger partial charge in [-0.2, -0.15) is 0 Å². The van der Waals surface area contributed by atoms with Gasteiger partial charge in [0.1, 0.15) is 0 Å². The van der Waals surface area contributed by atoms with Crippen molar-refractivity contribution in [2.24, 2.45) is 0 Å². The van der Waals surface area contributed by atoms with Crippen LogP contribution in [0.25, 0.3) is 0 Å². The lowest BCUT2D eigenvalue weighted by molar-refractivity contribution is -0.384. The number of sulfonamides is 1. The number of nitrogens with one attached hydrogen (secondary N) is 2. The highest BCUT2D eigenvalue weighted by molar-refractivity contribution is 7.92. The molecule has 2 amide bonds. The number of non-ortho nitro benzene ring substituents is 1. The van der Waals surface area contributed by atoms with Gasteiger partial charge >= 0.3 is 6.03 Å². The van der Waals surface area contributed by atoms with Crippen LogP contribution < -0.4 is 10.0 Å².